The second-order valence-electron chi connectivity index (χ2n) is 3.49. The summed E-state index contributed by atoms with van der Waals surface area (Å²) >= 11 is 5.05. The van der Waals surface area contributed by atoms with Crippen molar-refractivity contribution in [3.05, 3.63) is 35.9 Å². The van der Waals surface area contributed by atoms with Gasteiger partial charge in [0.05, 0.1) is 0 Å². The van der Waals surface area contributed by atoms with Gasteiger partial charge in [-0.05, 0) is 18.1 Å². The van der Waals surface area contributed by atoms with Crippen molar-refractivity contribution in [3.8, 4) is 0 Å². The third-order valence-corrected chi connectivity index (χ3v) is 5.41. The predicted molar refractivity (Wildman–Crippen MR) is 74.9 cm³/mol. The summed E-state index contributed by atoms with van der Waals surface area (Å²) in [7, 11) is -0.942. The van der Waals surface area contributed by atoms with Crippen LogP contribution in [0.4, 0.5) is 0 Å². The van der Waals surface area contributed by atoms with Crippen LogP contribution in [0.25, 0.3) is 0 Å². The third-order valence-electron chi connectivity index (χ3n) is 1.91. The fourth-order valence-electron chi connectivity index (χ4n) is 1.06. The van der Waals surface area contributed by atoms with Crippen molar-refractivity contribution in [2.45, 2.75) is 5.75 Å². The molecule has 0 spiro atoms. The topological polar surface area (TPSA) is 26.0 Å². The zero-order valence-corrected chi connectivity index (χ0v) is 9.62. The van der Waals surface area contributed by atoms with Crippen molar-refractivity contribution < 1.29 is 0 Å². The molecule has 0 unspecified atom stereocenters. The minimum absolute atomic E-state index is 0. The number of hydrogen-bond acceptors (Lipinski definition) is 1. The number of benzene rings is 1. The molecule has 0 bridgehead atoms. The molecule has 0 saturated heterocycles. The number of thiocarbonyl (C=S) groups is 1. The van der Waals surface area contributed by atoms with Crippen LogP contribution in [0.1, 0.15) is 5.56 Å². The Balaban J connectivity index is 0.00000169. The van der Waals surface area contributed by atoms with E-state index in [1.54, 1.807) is 0 Å². The molecule has 1 aromatic rings. The van der Waals surface area contributed by atoms with E-state index in [1.807, 2.05) is 18.2 Å². The average Bonchev–Trinajstić information content (AvgIpc) is 2.05. The van der Waals surface area contributed by atoms with Gasteiger partial charge in [0, 0.05) is 5.75 Å². The van der Waals surface area contributed by atoms with Crippen LogP contribution >= 0.6 is 22.2 Å². The van der Waals surface area contributed by atoms with Crippen LogP contribution in [0.3, 0.4) is 0 Å². The van der Waals surface area contributed by atoms with Crippen LogP contribution in [-0.2, 0) is 5.75 Å². The van der Waals surface area contributed by atoms with Crippen molar-refractivity contribution in [3.63, 3.8) is 0 Å². The zero-order chi connectivity index (χ0) is 9.90. The maximum absolute atomic E-state index is 5.69. The summed E-state index contributed by atoms with van der Waals surface area (Å²) < 4.78 is 0.663. The van der Waals surface area contributed by atoms with Gasteiger partial charge in [0.1, 0.15) is 4.32 Å². The molecule has 0 amide bonds. The molecule has 1 rings (SSSR count). The summed E-state index contributed by atoms with van der Waals surface area (Å²) in [5, 5.41) is 0. The van der Waals surface area contributed by atoms with E-state index in [-0.39, 0.29) is 37.7 Å². The molecule has 1 nitrogen and oxygen atoms in total. The molecule has 1 aromatic carbocycles. The summed E-state index contributed by atoms with van der Waals surface area (Å²) in [4.78, 5) is 0. The summed E-state index contributed by atoms with van der Waals surface area (Å²) in [5.74, 6) is 0.989. The minimum atomic E-state index is -0.942. The first-order chi connectivity index (χ1) is 6.02. The molecule has 2 N–H and O–H groups in total. The Kier molecular flexibility index (Phi) is 6.66. The molecule has 0 fully saturated rings. The first-order valence-corrected chi connectivity index (χ1v) is 7.09. The number of hydrogen-bond donors (Lipinski definition) is 1. The molecule has 0 aliphatic heterocycles. The summed E-state index contributed by atoms with van der Waals surface area (Å²) in [5.41, 5.74) is 7.00. The van der Waals surface area contributed by atoms with Crippen LogP contribution in [0.2, 0.25) is 0 Å². The normalized spacial score (nSPS) is 11.6. The Morgan fingerprint density at radius 3 is 2.21 bits per heavy atom. The van der Waals surface area contributed by atoms with Gasteiger partial charge in [-0.25, -0.2) is 0 Å². The molecular formula is C10H17CaNS2. The van der Waals surface area contributed by atoms with Crippen LogP contribution in [0, 0.1) is 0 Å². The van der Waals surface area contributed by atoms with Crippen LogP contribution in [-0.4, -0.2) is 54.6 Å². The SMILES string of the molecule is CS(C)(Cc1ccccc1)C(N)=S.[CaH2]. The molecular weight excluding hydrogens is 238 g/mol. The van der Waals surface area contributed by atoms with Gasteiger partial charge in [0.2, 0.25) is 0 Å². The molecule has 0 aliphatic rings. The van der Waals surface area contributed by atoms with Gasteiger partial charge in [0.15, 0.2) is 0 Å². The van der Waals surface area contributed by atoms with Gasteiger partial charge in [-0.2, -0.15) is 10.0 Å². The molecule has 0 atom stereocenters. The molecule has 0 heterocycles. The predicted octanol–water partition coefficient (Wildman–Crippen LogP) is 1.58. The van der Waals surface area contributed by atoms with Crippen molar-refractivity contribution in [1.82, 2.24) is 0 Å². The fraction of sp³-hybridized carbons (Fsp3) is 0.300. The van der Waals surface area contributed by atoms with Crippen LogP contribution in [0.15, 0.2) is 30.3 Å². The van der Waals surface area contributed by atoms with Crippen molar-refractivity contribution in [1.29, 1.82) is 0 Å². The van der Waals surface area contributed by atoms with E-state index in [1.165, 1.54) is 5.56 Å². The van der Waals surface area contributed by atoms with E-state index >= 15 is 0 Å². The Morgan fingerprint density at radius 1 is 1.29 bits per heavy atom. The van der Waals surface area contributed by atoms with Crippen LogP contribution < -0.4 is 5.73 Å². The monoisotopic (exact) mass is 255 g/mol. The van der Waals surface area contributed by atoms with E-state index in [0.29, 0.717) is 4.32 Å². The Hall–Kier alpha value is 0.720. The molecule has 0 aromatic heterocycles. The quantitative estimate of drug-likeness (QED) is 0.641. The Bertz CT molecular complexity index is 298. The summed E-state index contributed by atoms with van der Waals surface area (Å²) in [6.07, 6.45) is 4.31. The van der Waals surface area contributed by atoms with E-state index in [9.17, 15) is 0 Å². The van der Waals surface area contributed by atoms with Gasteiger partial charge in [-0.3, -0.25) is 0 Å². The van der Waals surface area contributed by atoms with E-state index in [4.69, 9.17) is 18.0 Å². The number of nitrogens with two attached hydrogens (primary N) is 1. The van der Waals surface area contributed by atoms with Gasteiger partial charge < -0.3 is 5.73 Å². The zero-order valence-electron chi connectivity index (χ0n) is 7.99. The van der Waals surface area contributed by atoms with Gasteiger partial charge in [-0.15, -0.1) is 0 Å². The van der Waals surface area contributed by atoms with Crippen LogP contribution in [0.5, 0.6) is 0 Å². The number of rotatable bonds is 2. The first kappa shape index (κ1) is 14.7. The van der Waals surface area contributed by atoms with Crippen molar-refractivity contribution in [2.24, 2.45) is 5.73 Å². The standard InChI is InChI=1S/C10H15NS2.Ca.2H/c1-13(2,10(11)12)8-9-6-4-3-5-7-9;;;/h3-7H,8H2,1-2H3,(H2,11,12);;;. The average molecular weight is 255 g/mol. The second-order valence-corrected chi connectivity index (χ2v) is 7.99. The Morgan fingerprint density at radius 2 is 1.79 bits per heavy atom. The van der Waals surface area contributed by atoms with Crippen molar-refractivity contribution in [2.75, 3.05) is 12.5 Å². The van der Waals surface area contributed by atoms with Gasteiger partial charge >= 0.3 is 37.7 Å². The first-order valence-electron chi connectivity index (χ1n) is 4.07. The molecule has 0 saturated carbocycles. The molecule has 14 heavy (non-hydrogen) atoms. The molecule has 0 aliphatic carbocycles. The molecule has 4 heteroatoms. The van der Waals surface area contributed by atoms with Crippen molar-refractivity contribution >= 4 is 64.3 Å². The van der Waals surface area contributed by atoms with E-state index < -0.39 is 10.0 Å². The van der Waals surface area contributed by atoms with Gasteiger partial charge in [0.25, 0.3) is 0 Å². The van der Waals surface area contributed by atoms with E-state index in [2.05, 4.69) is 24.6 Å². The fourth-order valence-corrected chi connectivity index (χ4v) is 2.41. The van der Waals surface area contributed by atoms with Gasteiger partial charge in [-0.1, -0.05) is 42.5 Å². The summed E-state index contributed by atoms with van der Waals surface area (Å²) in [6, 6.07) is 10.3. The third kappa shape index (κ3) is 4.49. The summed E-state index contributed by atoms with van der Waals surface area (Å²) in [6.45, 7) is 0. The van der Waals surface area contributed by atoms with E-state index in [0.717, 1.165) is 5.75 Å². The Labute approximate surface area is 123 Å². The second kappa shape index (κ2) is 6.33. The molecule has 0 radical (unpaired) electrons. The maximum atomic E-state index is 5.69. The molecule has 76 valence electrons.